The van der Waals surface area contributed by atoms with E-state index in [1.807, 2.05) is 0 Å². The Morgan fingerprint density at radius 1 is 1.14 bits per heavy atom. The molecule has 1 aromatic heterocycles. The van der Waals surface area contributed by atoms with Gasteiger partial charge in [-0.2, -0.15) is 0 Å². The smallest absolute Gasteiger partial charge is 0.271 e. The molecule has 3 fully saturated rings. The Bertz CT molecular complexity index is 592. The maximum absolute atomic E-state index is 12.4. The van der Waals surface area contributed by atoms with Gasteiger partial charge in [0, 0.05) is 6.04 Å². The summed E-state index contributed by atoms with van der Waals surface area (Å²) in [6, 6.07) is 3.51. The van der Waals surface area contributed by atoms with Crippen LogP contribution in [0.3, 0.4) is 0 Å². The van der Waals surface area contributed by atoms with Crippen LogP contribution in [-0.2, 0) is 0 Å². The van der Waals surface area contributed by atoms with Gasteiger partial charge in [0.05, 0.1) is 5.02 Å². The van der Waals surface area contributed by atoms with E-state index in [4.69, 9.17) is 23.2 Å². The molecule has 0 spiro atoms. The second-order valence-electron chi connectivity index (χ2n) is 6.70. The van der Waals surface area contributed by atoms with Crippen LogP contribution in [0.1, 0.15) is 42.6 Å². The minimum atomic E-state index is -0.186. The molecule has 1 heterocycles. The van der Waals surface area contributed by atoms with E-state index in [0.717, 1.165) is 24.2 Å². The Hall–Kier alpha value is -0.800. The highest BCUT2D eigenvalue weighted by molar-refractivity contribution is 6.34. The van der Waals surface area contributed by atoms with Gasteiger partial charge in [0.15, 0.2) is 0 Å². The molecule has 3 nitrogen and oxygen atoms in total. The summed E-state index contributed by atoms with van der Waals surface area (Å²) in [5, 5.41) is 3.82. The van der Waals surface area contributed by atoms with E-state index in [0.29, 0.717) is 22.1 Å². The molecule has 0 aromatic carbocycles. The average molecular weight is 325 g/mol. The highest BCUT2D eigenvalue weighted by Crippen LogP contribution is 2.58. The number of hydrogen-bond acceptors (Lipinski definition) is 2. The largest absolute Gasteiger partial charge is 0.348 e. The molecule has 4 rings (SSSR count). The lowest BCUT2D eigenvalue weighted by Crippen LogP contribution is -2.42. The van der Waals surface area contributed by atoms with Crippen LogP contribution < -0.4 is 5.32 Å². The molecule has 1 aromatic rings. The maximum atomic E-state index is 12.4. The number of aromatic nitrogens is 1. The quantitative estimate of drug-likeness (QED) is 0.837. The number of hydrogen-bond donors (Lipinski definition) is 1. The molecule has 21 heavy (non-hydrogen) atoms. The maximum Gasteiger partial charge on any atom is 0.271 e. The molecule has 5 unspecified atom stereocenters. The second kappa shape index (κ2) is 5.13. The molecule has 1 amide bonds. The monoisotopic (exact) mass is 324 g/mol. The molecule has 5 heteroatoms. The van der Waals surface area contributed by atoms with Gasteiger partial charge < -0.3 is 5.32 Å². The predicted molar refractivity (Wildman–Crippen MR) is 82.6 cm³/mol. The lowest BCUT2D eigenvalue weighted by molar-refractivity contribution is 0.0896. The first-order valence-corrected chi connectivity index (χ1v) is 8.52. The number of nitrogens with one attached hydrogen (secondary N) is 1. The number of pyridine rings is 1. The first-order valence-electron chi connectivity index (χ1n) is 7.76. The topological polar surface area (TPSA) is 42.0 Å². The lowest BCUT2D eigenvalue weighted by atomic mass is 9.79. The van der Waals surface area contributed by atoms with E-state index < -0.39 is 0 Å². The van der Waals surface area contributed by atoms with Crippen LogP contribution in [-0.4, -0.2) is 16.9 Å². The SMILES string of the molecule is O=C(NC1CC2CC1C1CCCC21)c1nc(Cl)ccc1Cl. The van der Waals surface area contributed by atoms with Gasteiger partial charge in [0.2, 0.25) is 0 Å². The molecule has 3 aliphatic rings. The molecular weight excluding hydrogens is 307 g/mol. The van der Waals surface area contributed by atoms with E-state index in [9.17, 15) is 4.79 Å². The number of halogens is 2. The van der Waals surface area contributed by atoms with Crippen molar-refractivity contribution < 1.29 is 4.79 Å². The number of amides is 1. The summed E-state index contributed by atoms with van der Waals surface area (Å²) in [6.45, 7) is 0. The van der Waals surface area contributed by atoms with E-state index >= 15 is 0 Å². The summed E-state index contributed by atoms with van der Waals surface area (Å²) in [5.74, 6) is 3.04. The van der Waals surface area contributed by atoms with Crippen molar-refractivity contribution in [2.75, 3.05) is 0 Å². The van der Waals surface area contributed by atoms with E-state index in [1.165, 1.54) is 25.7 Å². The van der Waals surface area contributed by atoms with Gasteiger partial charge in [-0.1, -0.05) is 29.6 Å². The number of nitrogens with zero attached hydrogens (tertiary/aromatic N) is 1. The van der Waals surface area contributed by atoms with Crippen LogP contribution in [0.2, 0.25) is 10.2 Å². The van der Waals surface area contributed by atoms with Gasteiger partial charge in [0.1, 0.15) is 10.8 Å². The third-order valence-corrected chi connectivity index (χ3v) is 6.29. The van der Waals surface area contributed by atoms with E-state index in [2.05, 4.69) is 10.3 Å². The molecule has 0 aliphatic heterocycles. The van der Waals surface area contributed by atoms with Crippen molar-refractivity contribution in [3.8, 4) is 0 Å². The number of carbonyl (C=O) groups is 1. The van der Waals surface area contributed by atoms with Crippen molar-refractivity contribution >= 4 is 29.1 Å². The van der Waals surface area contributed by atoms with Crippen LogP contribution in [0, 0.1) is 23.7 Å². The normalized spacial score (nSPS) is 36.8. The fourth-order valence-corrected chi connectivity index (χ4v) is 5.39. The average Bonchev–Trinajstić information content (AvgIpc) is 3.13. The first kappa shape index (κ1) is 13.8. The van der Waals surface area contributed by atoms with Gasteiger partial charge in [-0.3, -0.25) is 4.79 Å². The number of rotatable bonds is 2. The van der Waals surface area contributed by atoms with Crippen LogP contribution in [0.5, 0.6) is 0 Å². The highest BCUT2D eigenvalue weighted by atomic mass is 35.5. The Morgan fingerprint density at radius 2 is 1.95 bits per heavy atom. The summed E-state index contributed by atoms with van der Waals surface area (Å²) in [5.41, 5.74) is 0.245. The molecule has 2 bridgehead atoms. The van der Waals surface area contributed by atoms with E-state index in [1.54, 1.807) is 12.1 Å². The molecular formula is C16H18Cl2N2O. The van der Waals surface area contributed by atoms with Crippen molar-refractivity contribution in [2.24, 2.45) is 23.7 Å². The fourth-order valence-electron chi connectivity index (χ4n) is 5.05. The minimum absolute atomic E-state index is 0.186. The Labute approximate surface area is 134 Å². The van der Waals surface area contributed by atoms with Crippen LogP contribution >= 0.6 is 23.2 Å². The first-order chi connectivity index (χ1) is 10.1. The molecule has 1 N–H and O–H groups in total. The third kappa shape index (κ3) is 2.25. The summed E-state index contributed by atoms with van der Waals surface area (Å²) >= 11 is 11.9. The predicted octanol–water partition coefficient (Wildman–Crippen LogP) is 3.94. The standard InChI is InChI=1S/C16H18Cl2N2O/c17-12-4-5-14(18)20-15(12)16(21)19-13-7-8-6-11(13)10-3-1-2-9(8)10/h4-5,8-11,13H,1-3,6-7H2,(H,19,21). The van der Waals surface area contributed by atoms with Gasteiger partial charge in [-0.15, -0.1) is 0 Å². The Morgan fingerprint density at radius 3 is 2.81 bits per heavy atom. The zero-order valence-corrected chi connectivity index (χ0v) is 13.2. The van der Waals surface area contributed by atoms with Crippen LogP contribution in [0.25, 0.3) is 0 Å². The van der Waals surface area contributed by atoms with Crippen LogP contribution in [0.4, 0.5) is 0 Å². The molecule has 112 valence electrons. The highest BCUT2D eigenvalue weighted by Gasteiger charge is 2.54. The van der Waals surface area contributed by atoms with Crippen molar-refractivity contribution in [2.45, 2.75) is 38.1 Å². The third-order valence-electron chi connectivity index (χ3n) is 5.77. The summed E-state index contributed by atoms with van der Waals surface area (Å²) in [7, 11) is 0. The van der Waals surface area contributed by atoms with Gasteiger partial charge in [-0.05, 0) is 61.5 Å². The van der Waals surface area contributed by atoms with Crippen molar-refractivity contribution in [1.82, 2.24) is 10.3 Å². The molecule has 5 atom stereocenters. The number of carbonyl (C=O) groups excluding carboxylic acids is 1. The Balaban J connectivity index is 1.50. The Kier molecular flexibility index (Phi) is 3.38. The zero-order chi connectivity index (χ0) is 14.6. The molecule has 3 saturated carbocycles. The van der Waals surface area contributed by atoms with E-state index in [-0.39, 0.29) is 11.6 Å². The molecule has 3 aliphatic carbocycles. The van der Waals surface area contributed by atoms with Gasteiger partial charge >= 0.3 is 0 Å². The summed E-state index contributed by atoms with van der Waals surface area (Å²) < 4.78 is 0. The van der Waals surface area contributed by atoms with Gasteiger partial charge in [-0.25, -0.2) is 4.98 Å². The summed E-state index contributed by atoms with van der Waals surface area (Å²) in [4.78, 5) is 16.5. The van der Waals surface area contributed by atoms with Gasteiger partial charge in [0.25, 0.3) is 5.91 Å². The summed E-state index contributed by atoms with van der Waals surface area (Å²) in [6.07, 6.45) is 6.51. The molecule has 0 radical (unpaired) electrons. The zero-order valence-electron chi connectivity index (χ0n) is 11.7. The van der Waals surface area contributed by atoms with Crippen molar-refractivity contribution in [1.29, 1.82) is 0 Å². The number of fused-ring (bicyclic) bond motifs is 5. The lowest BCUT2D eigenvalue weighted by Gasteiger charge is -2.32. The van der Waals surface area contributed by atoms with Crippen molar-refractivity contribution in [3.05, 3.63) is 28.0 Å². The fraction of sp³-hybridized carbons (Fsp3) is 0.625. The minimum Gasteiger partial charge on any atom is -0.348 e. The van der Waals surface area contributed by atoms with Crippen LogP contribution in [0.15, 0.2) is 12.1 Å². The van der Waals surface area contributed by atoms with Crippen molar-refractivity contribution in [3.63, 3.8) is 0 Å². The second-order valence-corrected chi connectivity index (χ2v) is 7.49. The molecule has 0 saturated heterocycles.